The van der Waals surface area contributed by atoms with Crippen molar-refractivity contribution >= 4 is 0 Å². The molecule has 3 nitrogen and oxygen atoms in total. The second-order valence-corrected chi connectivity index (χ2v) is 6.73. The molecule has 24 heavy (non-hydrogen) atoms. The molecule has 0 unspecified atom stereocenters. The number of hydrogen-bond donors (Lipinski definition) is 1. The van der Waals surface area contributed by atoms with E-state index < -0.39 is 0 Å². The van der Waals surface area contributed by atoms with Crippen LogP contribution in [-0.4, -0.2) is 25.8 Å². The average Bonchev–Trinajstić information content (AvgIpc) is 3.04. The number of benzene rings is 2. The van der Waals surface area contributed by atoms with Crippen molar-refractivity contribution in [2.45, 2.75) is 38.1 Å². The van der Waals surface area contributed by atoms with Gasteiger partial charge in [0.2, 0.25) is 0 Å². The Morgan fingerprint density at radius 2 is 1.79 bits per heavy atom. The summed E-state index contributed by atoms with van der Waals surface area (Å²) in [5, 5.41) is 3.67. The molecule has 0 saturated carbocycles. The number of ether oxygens (including phenoxy) is 2. The van der Waals surface area contributed by atoms with Crippen LogP contribution in [-0.2, 0) is 19.3 Å². The van der Waals surface area contributed by atoms with Crippen LogP contribution in [0.1, 0.15) is 29.5 Å². The predicted octanol–water partition coefficient (Wildman–Crippen LogP) is 3.54. The van der Waals surface area contributed by atoms with Crippen LogP contribution >= 0.6 is 0 Å². The first-order chi connectivity index (χ1) is 11.9. The Kier molecular flexibility index (Phi) is 4.70. The molecule has 2 aromatic rings. The highest BCUT2D eigenvalue weighted by atomic mass is 16.5. The minimum atomic E-state index is 0.579. The second kappa shape index (κ2) is 7.27. The van der Waals surface area contributed by atoms with Gasteiger partial charge in [-0.05, 0) is 61.4 Å². The van der Waals surface area contributed by atoms with E-state index >= 15 is 0 Å². The molecule has 0 fully saturated rings. The first kappa shape index (κ1) is 15.5. The van der Waals surface area contributed by atoms with Gasteiger partial charge in [-0.25, -0.2) is 0 Å². The molecule has 1 aliphatic heterocycles. The van der Waals surface area contributed by atoms with Crippen molar-refractivity contribution in [3.8, 4) is 11.5 Å². The zero-order valence-corrected chi connectivity index (χ0v) is 14.1. The number of para-hydroxylation sites is 1. The van der Waals surface area contributed by atoms with Crippen LogP contribution in [0.5, 0.6) is 11.5 Å². The third-order valence-electron chi connectivity index (χ3n) is 4.96. The average molecular weight is 323 g/mol. The minimum Gasteiger partial charge on any atom is -0.490 e. The van der Waals surface area contributed by atoms with Crippen molar-refractivity contribution < 1.29 is 9.47 Å². The first-order valence-corrected chi connectivity index (χ1v) is 9.08. The van der Waals surface area contributed by atoms with Gasteiger partial charge in [0.05, 0.1) is 13.2 Å². The van der Waals surface area contributed by atoms with Gasteiger partial charge in [0.15, 0.2) is 11.5 Å². The SMILES string of the molecule is c1ccc2c(c1)CC(NCCCOc1cccc3c1OCCC3)C2. The van der Waals surface area contributed by atoms with Crippen LogP contribution < -0.4 is 14.8 Å². The van der Waals surface area contributed by atoms with Crippen LogP contribution in [0.25, 0.3) is 0 Å². The van der Waals surface area contributed by atoms with Crippen LogP contribution in [0.4, 0.5) is 0 Å². The quantitative estimate of drug-likeness (QED) is 0.825. The Labute approximate surface area is 144 Å². The fraction of sp³-hybridized carbons (Fsp3) is 0.429. The van der Waals surface area contributed by atoms with E-state index in [1.54, 1.807) is 0 Å². The molecule has 0 atom stereocenters. The van der Waals surface area contributed by atoms with Crippen LogP contribution in [0.2, 0.25) is 0 Å². The Bertz CT molecular complexity index is 673. The van der Waals surface area contributed by atoms with E-state index in [0.29, 0.717) is 6.04 Å². The fourth-order valence-electron chi connectivity index (χ4n) is 3.74. The minimum absolute atomic E-state index is 0.579. The smallest absolute Gasteiger partial charge is 0.164 e. The van der Waals surface area contributed by atoms with Gasteiger partial charge >= 0.3 is 0 Å². The highest BCUT2D eigenvalue weighted by Gasteiger charge is 2.20. The maximum Gasteiger partial charge on any atom is 0.164 e. The third kappa shape index (κ3) is 3.41. The van der Waals surface area contributed by atoms with Crippen molar-refractivity contribution in [2.24, 2.45) is 0 Å². The van der Waals surface area contributed by atoms with Crippen molar-refractivity contribution in [1.29, 1.82) is 0 Å². The molecule has 3 heteroatoms. The highest BCUT2D eigenvalue weighted by molar-refractivity contribution is 5.47. The first-order valence-electron chi connectivity index (χ1n) is 9.08. The van der Waals surface area contributed by atoms with Gasteiger partial charge in [0, 0.05) is 6.04 Å². The molecule has 2 aliphatic rings. The van der Waals surface area contributed by atoms with E-state index in [1.807, 2.05) is 6.07 Å². The van der Waals surface area contributed by atoms with Crippen LogP contribution in [0.15, 0.2) is 42.5 Å². The molecule has 0 radical (unpaired) electrons. The predicted molar refractivity (Wildman–Crippen MR) is 96.0 cm³/mol. The van der Waals surface area contributed by atoms with E-state index in [0.717, 1.165) is 63.4 Å². The Balaban J connectivity index is 1.21. The molecule has 1 aliphatic carbocycles. The molecule has 0 aromatic heterocycles. The lowest BCUT2D eigenvalue weighted by Gasteiger charge is -2.20. The monoisotopic (exact) mass is 323 g/mol. The van der Waals surface area contributed by atoms with Gasteiger partial charge < -0.3 is 14.8 Å². The van der Waals surface area contributed by atoms with Gasteiger partial charge in [-0.15, -0.1) is 0 Å². The van der Waals surface area contributed by atoms with Gasteiger partial charge in [-0.1, -0.05) is 36.4 Å². The number of fused-ring (bicyclic) bond motifs is 2. The van der Waals surface area contributed by atoms with Crippen molar-refractivity contribution in [1.82, 2.24) is 5.32 Å². The zero-order valence-electron chi connectivity index (χ0n) is 14.1. The standard InChI is InChI=1S/C21H25NO2/c1-2-7-18-15-19(14-17(18)6-1)22-11-5-13-23-20-10-3-8-16-9-4-12-24-21(16)20/h1-3,6-8,10,19,22H,4-5,9,11-15H2. The summed E-state index contributed by atoms with van der Waals surface area (Å²) in [6.45, 7) is 2.53. The van der Waals surface area contributed by atoms with E-state index in [2.05, 4.69) is 41.7 Å². The van der Waals surface area contributed by atoms with Gasteiger partial charge in [0.25, 0.3) is 0 Å². The topological polar surface area (TPSA) is 30.5 Å². The summed E-state index contributed by atoms with van der Waals surface area (Å²) in [7, 11) is 0. The Morgan fingerprint density at radius 1 is 1.00 bits per heavy atom. The maximum absolute atomic E-state index is 5.97. The fourth-order valence-corrected chi connectivity index (χ4v) is 3.74. The van der Waals surface area contributed by atoms with Crippen molar-refractivity contribution in [3.63, 3.8) is 0 Å². The van der Waals surface area contributed by atoms with E-state index in [4.69, 9.17) is 9.47 Å². The lowest BCUT2D eigenvalue weighted by atomic mass is 10.1. The Hall–Kier alpha value is -2.00. The van der Waals surface area contributed by atoms with Crippen LogP contribution in [0.3, 0.4) is 0 Å². The molecule has 0 saturated heterocycles. The molecular formula is C21H25NO2. The number of aryl methyl sites for hydroxylation is 1. The molecule has 1 heterocycles. The number of nitrogens with one attached hydrogen (secondary N) is 1. The summed E-state index contributed by atoms with van der Waals surface area (Å²) in [5.74, 6) is 1.86. The highest BCUT2D eigenvalue weighted by Crippen LogP contribution is 2.34. The summed E-state index contributed by atoms with van der Waals surface area (Å²) < 4.78 is 11.8. The maximum atomic E-state index is 5.97. The zero-order chi connectivity index (χ0) is 16.2. The summed E-state index contributed by atoms with van der Waals surface area (Å²) in [6, 6.07) is 15.6. The van der Waals surface area contributed by atoms with E-state index in [9.17, 15) is 0 Å². The summed E-state index contributed by atoms with van der Waals surface area (Å²) in [5.41, 5.74) is 4.28. The normalized spacial score (nSPS) is 16.3. The van der Waals surface area contributed by atoms with Crippen molar-refractivity contribution in [2.75, 3.05) is 19.8 Å². The number of hydrogen-bond acceptors (Lipinski definition) is 3. The second-order valence-electron chi connectivity index (χ2n) is 6.73. The molecule has 126 valence electrons. The molecule has 4 rings (SSSR count). The van der Waals surface area contributed by atoms with E-state index in [-0.39, 0.29) is 0 Å². The molecule has 2 aromatic carbocycles. The van der Waals surface area contributed by atoms with Crippen molar-refractivity contribution in [3.05, 3.63) is 59.2 Å². The lowest BCUT2D eigenvalue weighted by molar-refractivity contribution is 0.248. The van der Waals surface area contributed by atoms with Gasteiger partial charge in [-0.3, -0.25) is 0 Å². The van der Waals surface area contributed by atoms with Crippen LogP contribution in [0, 0.1) is 0 Å². The molecule has 0 spiro atoms. The van der Waals surface area contributed by atoms with Gasteiger partial charge in [-0.2, -0.15) is 0 Å². The summed E-state index contributed by atoms with van der Waals surface area (Å²) in [6.07, 6.45) is 5.51. The molecule has 1 N–H and O–H groups in total. The molecule has 0 bridgehead atoms. The molecular weight excluding hydrogens is 298 g/mol. The molecule has 0 amide bonds. The summed E-state index contributed by atoms with van der Waals surface area (Å²) in [4.78, 5) is 0. The third-order valence-corrected chi connectivity index (χ3v) is 4.96. The largest absolute Gasteiger partial charge is 0.490 e. The van der Waals surface area contributed by atoms with Gasteiger partial charge in [0.1, 0.15) is 0 Å². The summed E-state index contributed by atoms with van der Waals surface area (Å²) >= 11 is 0. The number of rotatable bonds is 6. The Morgan fingerprint density at radius 3 is 2.62 bits per heavy atom. The van der Waals surface area contributed by atoms with E-state index in [1.165, 1.54) is 16.7 Å². The lowest BCUT2D eigenvalue weighted by Crippen LogP contribution is -2.31.